The number of fused-ring (bicyclic) bond motifs is 1. The molecule has 0 amide bonds. The number of rotatable bonds is 6. The average molecular weight is 385 g/mol. The summed E-state index contributed by atoms with van der Waals surface area (Å²) < 4.78 is 5.26. The van der Waals surface area contributed by atoms with E-state index in [-0.39, 0.29) is 12.2 Å². The van der Waals surface area contributed by atoms with Crippen molar-refractivity contribution in [3.05, 3.63) is 63.1 Å². The zero-order valence-corrected chi connectivity index (χ0v) is 16.5. The summed E-state index contributed by atoms with van der Waals surface area (Å²) in [6.07, 6.45) is 0.984. The maximum absolute atomic E-state index is 12.9. The lowest BCUT2D eigenvalue weighted by molar-refractivity contribution is -0.138. The van der Waals surface area contributed by atoms with Crippen molar-refractivity contribution >= 4 is 23.5 Å². The van der Waals surface area contributed by atoms with Gasteiger partial charge in [-0.05, 0) is 25.8 Å². The molecule has 1 aliphatic heterocycles. The van der Waals surface area contributed by atoms with Crippen molar-refractivity contribution < 1.29 is 9.53 Å². The number of thioether (sulfide) groups is 1. The fraction of sp³-hybridized carbons (Fsp3) is 0.350. The number of aromatic amines is 1. The molecule has 6 nitrogen and oxygen atoms in total. The number of hydrogen-bond donors (Lipinski definition) is 2. The lowest BCUT2D eigenvalue weighted by atomic mass is 9.82. The number of hydrogen-bond acceptors (Lipinski definition) is 6. The second-order valence-corrected chi connectivity index (χ2v) is 7.29. The molecular formula is C20H23N3O3S. The predicted octanol–water partition coefficient (Wildman–Crippen LogP) is 3.67. The van der Waals surface area contributed by atoms with Gasteiger partial charge >= 0.3 is 5.97 Å². The van der Waals surface area contributed by atoms with Crippen LogP contribution in [0.25, 0.3) is 0 Å². The van der Waals surface area contributed by atoms with Crippen molar-refractivity contribution in [2.45, 2.75) is 38.3 Å². The van der Waals surface area contributed by atoms with Gasteiger partial charge in [-0.25, -0.2) is 9.78 Å². The Kier molecular flexibility index (Phi) is 6.01. The summed E-state index contributed by atoms with van der Waals surface area (Å²) in [6.45, 7) is 5.92. The minimum Gasteiger partial charge on any atom is -0.463 e. The zero-order chi connectivity index (χ0) is 19.4. The molecule has 0 saturated heterocycles. The van der Waals surface area contributed by atoms with Crippen LogP contribution < -0.4 is 10.9 Å². The summed E-state index contributed by atoms with van der Waals surface area (Å²) in [5.41, 5.74) is 2.14. The van der Waals surface area contributed by atoms with Crippen molar-refractivity contribution in [1.82, 2.24) is 9.97 Å². The van der Waals surface area contributed by atoms with Gasteiger partial charge in [0, 0.05) is 11.4 Å². The molecule has 2 N–H and O–H groups in total. The van der Waals surface area contributed by atoms with Gasteiger partial charge in [0.15, 0.2) is 5.16 Å². The first-order valence-electron chi connectivity index (χ1n) is 9.03. The molecule has 0 saturated carbocycles. The Morgan fingerprint density at radius 3 is 2.67 bits per heavy atom. The van der Waals surface area contributed by atoms with Crippen molar-refractivity contribution in [2.24, 2.45) is 0 Å². The van der Waals surface area contributed by atoms with Gasteiger partial charge in [-0.3, -0.25) is 4.79 Å². The van der Waals surface area contributed by atoms with E-state index < -0.39 is 11.9 Å². The van der Waals surface area contributed by atoms with E-state index in [1.165, 1.54) is 11.8 Å². The molecule has 0 bridgehead atoms. The minimum atomic E-state index is -0.525. The van der Waals surface area contributed by atoms with E-state index in [1.807, 2.05) is 37.3 Å². The number of anilines is 1. The SMILES string of the molecule is CCCSc1nc2c(c(=O)[nH]1)[C@@H](c1ccccc1)C(C(=O)OCC)=C(C)N2. The van der Waals surface area contributed by atoms with Crippen LogP contribution in [0.4, 0.5) is 5.82 Å². The van der Waals surface area contributed by atoms with Gasteiger partial charge in [-0.15, -0.1) is 0 Å². The van der Waals surface area contributed by atoms with Crippen LogP contribution in [0.2, 0.25) is 0 Å². The lowest BCUT2D eigenvalue weighted by Gasteiger charge is -2.28. The summed E-state index contributed by atoms with van der Waals surface area (Å²) in [6, 6.07) is 9.50. The molecule has 1 aromatic heterocycles. The van der Waals surface area contributed by atoms with Crippen molar-refractivity contribution in [3.8, 4) is 0 Å². The standard InChI is InChI=1S/C20H23N3O3S/c1-4-11-27-20-22-17-16(18(24)23-20)15(13-9-7-6-8-10-13)14(12(3)21-17)19(25)26-5-2/h6-10,15H,4-5,11H2,1-3H3,(H2,21,22,23,24)/t15-/m0/s1. The summed E-state index contributed by atoms with van der Waals surface area (Å²) in [7, 11) is 0. The summed E-state index contributed by atoms with van der Waals surface area (Å²) >= 11 is 1.51. The van der Waals surface area contributed by atoms with Crippen LogP contribution in [-0.2, 0) is 9.53 Å². The van der Waals surface area contributed by atoms with Gasteiger partial charge in [0.2, 0.25) is 0 Å². The number of benzene rings is 1. The Morgan fingerprint density at radius 2 is 2.00 bits per heavy atom. The molecular weight excluding hydrogens is 362 g/mol. The maximum Gasteiger partial charge on any atom is 0.336 e. The fourth-order valence-corrected chi connectivity index (χ4v) is 3.87. The summed E-state index contributed by atoms with van der Waals surface area (Å²) in [4.78, 5) is 33.1. The summed E-state index contributed by atoms with van der Waals surface area (Å²) in [5.74, 6) is 0.415. The molecule has 1 atom stereocenters. The number of carbonyl (C=O) groups is 1. The number of nitrogens with one attached hydrogen (secondary N) is 2. The second kappa shape index (κ2) is 8.43. The van der Waals surface area contributed by atoms with Crippen LogP contribution in [0.15, 0.2) is 51.6 Å². The molecule has 0 unspecified atom stereocenters. The van der Waals surface area contributed by atoms with Crippen LogP contribution >= 0.6 is 11.8 Å². The van der Waals surface area contributed by atoms with E-state index in [0.29, 0.717) is 27.8 Å². The minimum absolute atomic E-state index is 0.241. The fourth-order valence-electron chi connectivity index (χ4n) is 3.16. The van der Waals surface area contributed by atoms with Crippen molar-refractivity contribution in [2.75, 3.05) is 17.7 Å². The number of H-pyrrole nitrogens is 1. The first-order chi connectivity index (χ1) is 13.1. The van der Waals surface area contributed by atoms with Gasteiger partial charge in [-0.1, -0.05) is 49.0 Å². The quantitative estimate of drug-likeness (QED) is 0.448. The Labute approximate surface area is 162 Å². The second-order valence-electron chi connectivity index (χ2n) is 6.21. The van der Waals surface area contributed by atoms with Crippen molar-refractivity contribution in [1.29, 1.82) is 0 Å². The highest BCUT2D eigenvalue weighted by Crippen LogP contribution is 2.39. The number of allylic oxidation sites excluding steroid dienone is 1. The van der Waals surface area contributed by atoms with Gasteiger partial charge in [0.25, 0.3) is 5.56 Å². The first-order valence-corrected chi connectivity index (χ1v) is 10.0. The van der Waals surface area contributed by atoms with Gasteiger partial charge in [0.05, 0.1) is 23.7 Å². The van der Waals surface area contributed by atoms with E-state index >= 15 is 0 Å². The van der Waals surface area contributed by atoms with Crippen LogP contribution in [-0.4, -0.2) is 28.3 Å². The molecule has 2 heterocycles. The van der Waals surface area contributed by atoms with Crippen LogP contribution in [0.5, 0.6) is 0 Å². The third-order valence-electron chi connectivity index (χ3n) is 4.29. The highest BCUT2D eigenvalue weighted by molar-refractivity contribution is 7.99. The molecule has 2 aromatic rings. The molecule has 142 valence electrons. The molecule has 1 aliphatic rings. The Morgan fingerprint density at radius 1 is 1.26 bits per heavy atom. The molecule has 7 heteroatoms. The number of aromatic nitrogens is 2. The average Bonchev–Trinajstić information content (AvgIpc) is 2.66. The number of carbonyl (C=O) groups excluding carboxylic acids is 1. The van der Waals surface area contributed by atoms with Crippen LogP contribution in [0.1, 0.15) is 44.2 Å². The van der Waals surface area contributed by atoms with Crippen LogP contribution in [0, 0.1) is 0 Å². The Bertz CT molecular complexity index is 922. The van der Waals surface area contributed by atoms with Gasteiger partial charge in [0.1, 0.15) is 5.82 Å². The third kappa shape index (κ3) is 3.93. The topological polar surface area (TPSA) is 84.1 Å². The highest BCUT2D eigenvalue weighted by Gasteiger charge is 2.36. The predicted molar refractivity (Wildman–Crippen MR) is 107 cm³/mol. The number of esters is 1. The van der Waals surface area contributed by atoms with E-state index in [9.17, 15) is 9.59 Å². The van der Waals surface area contributed by atoms with E-state index in [4.69, 9.17) is 4.74 Å². The van der Waals surface area contributed by atoms with E-state index in [1.54, 1.807) is 6.92 Å². The Balaban J connectivity index is 2.17. The number of nitrogens with zero attached hydrogens (tertiary/aromatic N) is 1. The first kappa shape index (κ1) is 19.2. The molecule has 0 aliphatic carbocycles. The number of ether oxygens (including phenoxy) is 1. The third-order valence-corrected chi connectivity index (χ3v) is 5.37. The molecule has 1 aromatic carbocycles. The summed E-state index contributed by atoms with van der Waals surface area (Å²) in [5, 5.41) is 3.72. The van der Waals surface area contributed by atoms with Crippen LogP contribution in [0.3, 0.4) is 0 Å². The monoisotopic (exact) mass is 385 g/mol. The molecule has 0 radical (unpaired) electrons. The smallest absolute Gasteiger partial charge is 0.336 e. The lowest BCUT2D eigenvalue weighted by Crippen LogP contribution is -2.31. The molecule has 27 heavy (non-hydrogen) atoms. The molecule has 0 spiro atoms. The highest BCUT2D eigenvalue weighted by atomic mass is 32.2. The molecule has 0 fully saturated rings. The Hall–Kier alpha value is -2.54. The van der Waals surface area contributed by atoms with Crippen molar-refractivity contribution in [3.63, 3.8) is 0 Å². The van der Waals surface area contributed by atoms with E-state index in [0.717, 1.165) is 17.7 Å². The van der Waals surface area contributed by atoms with E-state index in [2.05, 4.69) is 22.2 Å². The van der Waals surface area contributed by atoms with Gasteiger partial charge in [-0.2, -0.15) is 0 Å². The largest absolute Gasteiger partial charge is 0.463 e. The molecule has 3 rings (SSSR count). The normalized spacial score (nSPS) is 15.9. The maximum atomic E-state index is 12.9. The zero-order valence-electron chi connectivity index (χ0n) is 15.7. The van der Waals surface area contributed by atoms with Gasteiger partial charge < -0.3 is 15.0 Å².